The molecule has 154 valence electrons. The lowest BCUT2D eigenvalue weighted by Crippen LogP contribution is -2.52. The molecule has 2 aliphatic heterocycles. The molecule has 4 rings (SSSR count). The number of hydrogen-bond donors (Lipinski definition) is 2. The van der Waals surface area contributed by atoms with Gasteiger partial charge in [0, 0.05) is 37.0 Å². The number of amides is 1. The van der Waals surface area contributed by atoms with E-state index in [1.807, 2.05) is 13.8 Å². The summed E-state index contributed by atoms with van der Waals surface area (Å²) in [7, 11) is 0. The zero-order valence-corrected chi connectivity index (χ0v) is 16.0. The van der Waals surface area contributed by atoms with Gasteiger partial charge in [-0.1, -0.05) is 6.07 Å². The first-order valence-corrected chi connectivity index (χ1v) is 9.28. The summed E-state index contributed by atoms with van der Waals surface area (Å²) >= 11 is 0. The number of carbonyl (C=O) groups excluding carboxylic acids is 1. The minimum atomic E-state index is -0.796. The van der Waals surface area contributed by atoms with Crippen LogP contribution in [0.25, 0.3) is 0 Å². The van der Waals surface area contributed by atoms with Gasteiger partial charge in [0.1, 0.15) is 22.9 Å². The van der Waals surface area contributed by atoms with Crippen LogP contribution in [-0.2, 0) is 24.4 Å². The minimum Gasteiger partial charge on any atom is -0.503 e. The molecule has 0 unspecified atom stereocenters. The quantitative estimate of drug-likeness (QED) is 0.813. The molecule has 2 N–H and O–H groups in total. The van der Waals surface area contributed by atoms with Crippen molar-refractivity contribution in [1.29, 1.82) is 0 Å². The van der Waals surface area contributed by atoms with Crippen LogP contribution in [0.2, 0.25) is 0 Å². The van der Waals surface area contributed by atoms with Gasteiger partial charge in [-0.25, -0.2) is 8.78 Å². The van der Waals surface area contributed by atoms with E-state index in [1.165, 1.54) is 12.3 Å². The highest BCUT2D eigenvalue weighted by atomic mass is 19.1. The molecule has 1 saturated heterocycles. The van der Waals surface area contributed by atoms with Crippen LogP contribution < -0.4 is 10.7 Å². The Bertz CT molecular complexity index is 1050. The van der Waals surface area contributed by atoms with Gasteiger partial charge in [0.2, 0.25) is 5.43 Å². The van der Waals surface area contributed by atoms with E-state index in [0.717, 1.165) is 12.1 Å². The van der Waals surface area contributed by atoms with E-state index < -0.39 is 34.4 Å². The average Bonchev–Trinajstić information content (AvgIpc) is 2.96. The van der Waals surface area contributed by atoms with Gasteiger partial charge in [-0.15, -0.1) is 0 Å². The molecule has 7 nitrogen and oxygen atoms in total. The molecule has 0 bridgehead atoms. The largest absolute Gasteiger partial charge is 0.503 e. The van der Waals surface area contributed by atoms with Crippen molar-refractivity contribution in [2.75, 3.05) is 6.61 Å². The zero-order valence-electron chi connectivity index (χ0n) is 16.0. The Morgan fingerprint density at radius 1 is 1.41 bits per heavy atom. The van der Waals surface area contributed by atoms with Crippen molar-refractivity contribution in [3.8, 4) is 5.75 Å². The van der Waals surface area contributed by atoms with Crippen molar-refractivity contribution >= 4 is 5.91 Å². The molecule has 0 radical (unpaired) electrons. The van der Waals surface area contributed by atoms with Crippen LogP contribution in [0.3, 0.4) is 0 Å². The van der Waals surface area contributed by atoms with Gasteiger partial charge >= 0.3 is 0 Å². The predicted molar refractivity (Wildman–Crippen MR) is 99.3 cm³/mol. The number of fused-ring (bicyclic) bond motifs is 2. The summed E-state index contributed by atoms with van der Waals surface area (Å²) in [5, 5.41) is 12.9. The first kappa shape index (κ1) is 19.5. The maximum absolute atomic E-state index is 13.8. The normalized spacial score (nSPS) is 23.5. The second-order valence-corrected chi connectivity index (χ2v) is 7.68. The molecule has 1 fully saturated rings. The molecule has 1 amide bonds. The van der Waals surface area contributed by atoms with Gasteiger partial charge in [-0.2, -0.15) is 0 Å². The molecule has 0 aliphatic carbocycles. The molecule has 9 heteroatoms. The fourth-order valence-electron chi connectivity index (χ4n) is 3.97. The van der Waals surface area contributed by atoms with E-state index in [0.29, 0.717) is 25.4 Å². The first-order chi connectivity index (χ1) is 13.7. The number of pyridine rings is 1. The Kier molecular flexibility index (Phi) is 4.66. The van der Waals surface area contributed by atoms with E-state index >= 15 is 0 Å². The third-order valence-corrected chi connectivity index (χ3v) is 5.62. The Hall–Kier alpha value is -2.78. The fourth-order valence-corrected chi connectivity index (χ4v) is 3.97. The molecule has 1 aromatic heterocycles. The van der Waals surface area contributed by atoms with E-state index in [1.54, 1.807) is 4.57 Å². The predicted octanol–water partition coefficient (Wildman–Crippen LogP) is 1.71. The van der Waals surface area contributed by atoms with Crippen LogP contribution in [0.15, 0.2) is 29.2 Å². The Morgan fingerprint density at radius 3 is 2.90 bits per heavy atom. The van der Waals surface area contributed by atoms with Gasteiger partial charge in [-0.05, 0) is 19.9 Å². The summed E-state index contributed by atoms with van der Waals surface area (Å²) in [6.07, 6.45) is 1.39. The van der Waals surface area contributed by atoms with Crippen molar-refractivity contribution < 1.29 is 23.4 Å². The van der Waals surface area contributed by atoms with Crippen molar-refractivity contribution in [3.63, 3.8) is 0 Å². The van der Waals surface area contributed by atoms with Gasteiger partial charge < -0.3 is 19.7 Å². The van der Waals surface area contributed by atoms with Crippen molar-refractivity contribution in [3.05, 3.63) is 63.1 Å². The highest BCUT2D eigenvalue weighted by molar-refractivity contribution is 5.94. The van der Waals surface area contributed by atoms with Crippen LogP contribution in [0.5, 0.6) is 5.75 Å². The second kappa shape index (κ2) is 6.93. The number of carbonyl (C=O) groups is 1. The van der Waals surface area contributed by atoms with E-state index in [-0.39, 0.29) is 23.7 Å². The maximum Gasteiger partial charge on any atom is 0.257 e. The molecule has 0 spiro atoms. The lowest BCUT2D eigenvalue weighted by Gasteiger charge is -2.41. The Morgan fingerprint density at radius 2 is 2.17 bits per heavy atom. The molecule has 2 aliphatic rings. The lowest BCUT2D eigenvalue weighted by atomic mass is 10.1. The highest BCUT2D eigenvalue weighted by Crippen LogP contribution is 2.36. The van der Waals surface area contributed by atoms with E-state index in [9.17, 15) is 23.5 Å². The van der Waals surface area contributed by atoms with E-state index in [2.05, 4.69) is 10.2 Å². The third-order valence-electron chi connectivity index (χ3n) is 5.62. The number of ether oxygens (including phenoxy) is 1. The van der Waals surface area contributed by atoms with Crippen LogP contribution in [0.1, 0.15) is 35.5 Å². The molecule has 1 aromatic carbocycles. The number of nitrogens with zero attached hydrogens (tertiary/aromatic N) is 2. The number of halogens is 2. The summed E-state index contributed by atoms with van der Waals surface area (Å²) in [5.41, 5.74) is -1.13. The second-order valence-electron chi connectivity index (χ2n) is 7.68. The molecule has 29 heavy (non-hydrogen) atoms. The minimum absolute atomic E-state index is 0.0820. The van der Waals surface area contributed by atoms with Gasteiger partial charge in [-0.3, -0.25) is 14.5 Å². The zero-order chi connectivity index (χ0) is 20.9. The molecular weight excluding hydrogens is 384 g/mol. The SMILES string of the molecule is C[C@H]1CO[C@]2(C)Cn3cc(C(=O)NCc4ccc(F)cc4F)c(=O)c(O)c3CN12. The van der Waals surface area contributed by atoms with Gasteiger partial charge in [0.05, 0.1) is 18.8 Å². The fraction of sp³-hybridized carbons (Fsp3) is 0.400. The van der Waals surface area contributed by atoms with Crippen molar-refractivity contribution in [1.82, 2.24) is 14.8 Å². The van der Waals surface area contributed by atoms with Crippen LogP contribution in [0, 0.1) is 11.6 Å². The highest BCUT2D eigenvalue weighted by Gasteiger charge is 2.46. The summed E-state index contributed by atoms with van der Waals surface area (Å²) in [6, 6.07) is 3.16. The molecule has 2 atom stereocenters. The summed E-state index contributed by atoms with van der Waals surface area (Å²) in [4.78, 5) is 27.2. The number of rotatable bonds is 3. The number of aromatic nitrogens is 1. The third kappa shape index (κ3) is 3.30. The Balaban J connectivity index is 1.61. The molecule has 3 heterocycles. The smallest absolute Gasteiger partial charge is 0.257 e. The van der Waals surface area contributed by atoms with E-state index in [4.69, 9.17) is 4.74 Å². The lowest BCUT2D eigenvalue weighted by molar-refractivity contribution is -0.0991. The van der Waals surface area contributed by atoms with Crippen LogP contribution in [-0.4, -0.2) is 38.9 Å². The number of hydrogen-bond acceptors (Lipinski definition) is 5. The summed E-state index contributed by atoms with van der Waals surface area (Å²) < 4.78 is 34.3. The standard InChI is InChI=1S/C20H21F2N3O4/c1-11-9-29-20(2)10-24-7-14(17(26)18(27)16(24)8-25(11)20)19(28)23-6-12-3-4-13(21)5-15(12)22/h3-5,7,11,27H,6,8-10H2,1-2H3,(H,23,28)/t11-,20+/m0/s1. The monoisotopic (exact) mass is 405 g/mol. The average molecular weight is 405 g/mol. The number of benzene rings is 1. The first-order valence-electron chi connectivity index (χ1n) is 9.28. The summed E-state index contributed by atoms with van der Waals surface area (Å²) in [6.45, 7) is 4.90. The van der Waals surface area contributed by atoms with Gasteiger partial charge in [0.15, 0.2) is 5.75 Å². The molecule has 2 aromatic rings. The number of nitrogens with one attached hydrogen (secondary N) is 1. The number of aromatic hydroxyl groups is 1. The van der Waals surface area contributed by atoms with Crippen LogP contribution >= 0.6 is 0 Å². The molecular formula is C20H21F2N3O4. The van der Waals surface area contributed by atoms with Crippen LogP contribution in [0.4, 0.5) is 8.78 Å². The molecule has 0 saturated carbocycles. The van der Waals surface area contributed by atoms with Gasteiger partial charge in [0.25, 0.3) is 5.91 Å². The Labute approximate surface area is 165 Å². The topological polar surface area (TPSA) is 83.8 Å². The summed E-state index contributed by atoms with van der Waals surface area (Å²) in [5.74, 6) is -2.75. The maximum atomic E-state index is 13.8. The van der Waals surface area contributed by atoms with Crippen molar-refractivity contribution in [2.45, 2.75) is 45.2 Å². The van der Waals surface area contributed by atoms with Crippen molar-refractivity contribution in [2.24, 2.45) is 0 Å².